The Morgan fingerprint density at radius 2 is 1.92 bits per heavy atom. The molecular formula is C18H12BrFN2O2. The maximum Gasteiger partial charge on any atom is 0.271 e. The Balaban J connectivity index is 1.65. The minimum absolute atomic E-state index is 0.323. The van der Waals surface area contributed by atoms with Crippen molar-refractivity contribution in [2.75, 3.05) is 0 Å². The van der Waals surface area contributed by atoms with Gasteiger partial charge in [0, 0.05) is 15.6 Å². The highest BCUT2D eigenvalue weighted by atomic mass is 79.9. The van der Waals surface area contributed by atoms with Crippen LogP contribution in [0.3, 0.4) is 0 Å². The zero-order valence-electron chi connectivity index (χ0n) is 12.4. The first-order chi connectivity index (χ1) is 11.6. The number of benzene rings is 2. The van der Waals surface area contributed by atoms with Gasteiger partial charge < -0.3 is 4.42 Å². The predicted octanol–water partition coefficient (Wildman–Crippen LogP) is 4.61. The second kappa shape index (κ2) is 7.23. The van der Waals surface area contributed by atoms with Gasteiger partial charge in [-0.15, -0.1) is 0 Å². The normalized spacial score (nSPS) is 10.9. The molecule has 3 rings (SSSR count). The molecule has 120 valence electrons. The highest BCUT2D eigenvalue weighted by Gasteiger charge is 2.05. The monoisotopic (exact) mass is 386 g/mol. The first-order valence-electron chi connectivity index (χ1n) is 7.06. The number of hydrogen-bond donors (Lipinski definition) is 1. The second-order valence-electron chi connectivity index (χ2n) is 4.92. The third-order valence-electron chi connectivity index (χ3n) is 3.20. The van der Waals surface area contributed by atoms with Gasteiger partial charge in [0.05, 0.1) is 6.21 Å². The molecule has 1 amide bonds. The summed E-state index contributed by atoms with van der Waals surface area (Å²) in [5.74, 6) is 0.317. The quantitative estimate of drug-likeness (QED) is 0.525. The first-order valence-corrected chi connectivity index (χ1v) is 7.86. The van der Waals surface area contributed by atoms with Crippen LogP contribution in [0.25, 0.3) is 11.3 Å². The Bertz CT molecular complexity index is 888. The molecule has 0 unspecified atom stereocenters. The van der Waals surface area contributed by atoms with Crippen LogP contribution >= 0.6 is 15.9 Å². The molecule has 0 atom stereocenters. The van der Waals surface area contributed by atoms with Gasteiger partial charge in [-0.25, -0.2) is 9.82 Å². The minimum atomic E-state index is -0.333. The van der Waals surface area contributed by atoms with E-state index in [9.17, 15) is 9.18 Å². The maximum atomic E-state index is 13.2. The number of hydrogen-bond acceptors (Lipinski definition) is 3. The standard InChI is InChI=1S/C18H12BrFN2O2/c19-14-6-4-12(5-7-14)18(23)22-21-11-16-8-9-17(24-16)13-2-1-3-15(20)10-13/h1-11H,(H,22,23)/b21-11+. The number of nitrogens with one attached hydrogen (secondary N) is 1. The highest BCUT2D eigenvalue weighted by Crippen LogP contribution is 2.22. The smallest absolute Gasteiger partial charge is 0.271 e. The van der Waals surface area contributed by atoms with Gasteiger partial charge in [0.1, 0.15) is 17.3 Å². The second-order valence-corrected chi connectivity index (χ2v) is 5.83. The number of carbonyl (C=O) groups is 1. The highest BCUT2D eigenvalue weighted by molar-refractivity contribution is 9.10. The molecule has 0 saturated heterocycles. The van der Waals surface area contributed by atoms with E-state index < -0.39 is 0 Å². The van der Waals surface area contributed by atoms with Crippen molar-refractivity contribution >= 4 is 28.1 Å². The molecular weight excluding hydrogens is 375 g/mol. The van der Waals surface area contributed by atoms with Crippen LogP contribution in [-0.2, 0) is 0 Å². The van der Waals surface area contributed by atoms with Crippen LogP contribution < -0.4 is 5.43 Å². The fourth-order valence-corrected chi connectivity index (χ4v) is 2.30. The summed E-state index contributed by atoms with van der Waals surface area (Å²) in [6.45, 7) is 0. The van der Waals surface area contributed by atoms with Gasteiger partial charge in [0.2, 0.25) is 0 Å². The lowest BCUT2D eigenvalue weighted by Crippen LogP contribution is -2.17. The molecule has 4 nitrogen and oxygen atoms in total. The Morgan fingerprint density at radius 1 is 1.12 bits per heavy atom. The first kappa shape index (κ1) is 16.1. The summed E-state index contributed by atoms with van der Waals surface area (Å²) < 4.78 is 19.7. The van der Waals surface area contributed by atoms with Crippen LogP contribution in [0.4, 0.5) is 4.39 Å². The molecule has 0 saturated carbocycles. The number of rotatable bonds is 4. The van der Waals surface area contributed by atoms with Gasteiger partial charge in [-0.3, -0.25) is 4.79 Å². The van der Waals surface area contributed by atoms with Crippen LogP contribution in [0, 0.1) is 5.82 Å². The molecule has 0 bridgehead atoms. The van der Waals surface area contributed by atoms with Gasteiger partial charge in [-0.1, -0.05) is 28.1 Å². The van der Waals surface area contributed by atoms with Crippen LogP contribution in [0.5, 0.6) is 0 Å². The number of halogens is 2. The number of furan rings is 1. The molecule has 6 heteroatoms. The Kier molecular flexibility index (Phi) is 4.86. The fourth-order valence-electron chi connectivity index (χ4n) is 2.04. The lowest BCUT2D eigenvalue weighted by atomic mass is 10.2. The Hall–Kier alpha value is -2.73. The molecule has 0 spiro atoms. The van der Waals surface area contributed by atoms with Crippen molar-refractivity contribution in [2.45, 2.75) is 0 Å². The Labute approximate surface area is 146 Å². The lowest BCUT2D eigenvalue weighted by Gasteiger charge is -1.99. The average molecular weight is 387 g/mol. The van der Waals surface area contributed by atoms with Crippen LogP contribution in [0.1, 0.15) is 16.1 Å². The predicted molar refractivity (Wildman–Crippen MR) is 93.3 cm³/mol. The summed E-state index contributed by atoms with van der Waals surface area (Å²) in [5, 5.41) is 3.86. The topological polar surface area (TPSA) is 54.6 Å². The van der Waals surface area contributed by atoms with Crippen LogP contribution in [0.2, 0.25) is 0 Å². The van der Waals surface area contributed by atoms with Gasteiger partial charge in [-0.2, -0.15) is 5.10 Å². The molecule has 2 aromatic carbocycles. The van der Waals surface area contributed by atoms with E-state index in [1.807, 2.05) is 0 Å². The largest absolute Gasteiger partial charge is 0.455 e. The van der Waals surface area contributed by atoms with Crippen molar-refractivity contribution in [1.29, 1.82) is 0 Å². The van der Waals surface area contributed by atoms with E-state index in [1.165, 1.54) is 18.3 Å². The van der Waals surface area contributed by atoms with Gasteiger partial charge in [0.15, 0.2) is 0 Å². The van der Waals surface area contributed by atoms with Crippen LogP contribution in [0.15, 0.2) is 74.7 Å². The molecule has 0 radical (unpaired) electrons. The average Bonchev–Trinajstić information content (AvgIpc) is 3.04. The van der Waals surface area contributed by atoms with Crippen molar-refractivity contribution in [1.82, 2.24) is 5.43 Å². The summed E-state index contributed by atoms with van der Waals surface area (Å²) >= 11 is 3.31. The van der Waals surface area contributed by atoms with Crippen molar-refractivity contribution in [2.24, 2.45) is 5.10 Å². The van der Waals surface area contributed by atoms with E-state index in [2.05, 4.69) is 26.5 Å². The third kappa shape index (κ3) is 3.97. The molecule has 0 fully saturated rings. The minimum Gasteiger partial charge on any atom is -0.455 e. The molecule has 1 N–H and O–H groups in total. The molecule has 0 aliphatic rings. The van der Waals surface area contributed by atoms with Crippen molar-refractivity contribution in [3.63, 3.8) is 0 Å². The van der Waals surface area contributed by atoms with Crippen molar-refractivity contribution in [3.8, 4) is 11.3 Å². The zero-order chi connectivity index (χ0) is 16.9. The number of hydrazone groups is 1. The fraction of sp³-hybridized carbons (Fsp3) is 0. The SMILES string of the molecule is O=C(N/N=C/c1ccc(-c2cccc(F)c2)o1)c1ccc(Br)cc1. The number of nitrogens with zero attached hydrogens (tertiary/aromatic N) is 1. The van der Waals surface area contributed by atoms with Crippen molar-refractivity contribution < 1.29 is 13.6 Å². The molecule has 0 aliphatic heterocycles. The third-order valence-corrected chi connectivity index (χ3v) is 3.73. The molecule has 24 heavy (non-hydrogen) atoms. The maximum absolute atomic E-state index is 13.2. The van der Waals surface area contributed by atoms with Crippen molar-refractivity contribution in [3.05, 3.63) is 82.3 Å². The van der Waals surface area contributed by atoms with Crippen LogP contribution in [-0.4, -0.2) is 12.1 Å². The van der Waals surface area contributed by atoms with E-state index in [1.54, 1.807) is 48.5 Å². The van der Waals surface area contributed by atoms with Gasteiger partial charge in [-0.05, 0) is 48.5 Å². The number of amides is 1. The number of carbonyl (C=O) groups excluding carboxylic acids is 1. The summed E-state index contributed by atoms with van der Waals surface area (Å²) in [6, 6.07) is 16.4. The van der Waals surface area contributed by atoms with E-state index >= 15 is 0 Å². The van der Waals surface area contributed by atoms with Gasteiger partial charge in [0.25, 0.3) is 5.91 Å². The van der Waals surface area contributed by atoms with Gasteiger partial charge >= 0.3 is 0 Å². The van der Waals surface area contributed by atoms with E-state index in [4.69, 9.17) is 4.42 Å². The Morgan fingerprint density at radius 3 is 2.67 bits per heavy atom. The lowest BCUT2D eigenvalue weighted by molar-refractivity contribution is 0.0955. The molecule has 1 heterocycles. The molecule has 1 aromatic heterocycles. The molecule has 3 aromatic rings. The summed E-state index contributed by atoms with van der Waals surface area (Å²) in [7, 11) is 0. The zero-order valence-corrected chi connectivity index (χ0v) is 14.0. The summed E-state index contributed by atoms with van der Waals surface area (Å²) in [4.78, 5) is 11.9. The van der Waals surface area contributed by atoms with E-state index in [-0.39, 0.29) is 11.7 Å². The van der Waals surface area contributed by atoms with E-state index in [0.29, 0.717) is 22.6 Å². The summed E-state index contributed by atoms with van der Waals surface area (Å²) in [5.41, 5.74) is 3.55. The molecule has 0 aliphatic carbocycles. The summed E-state index contributed by atoms with van der Waals surface area (Å²) in [6.07, 6.45) is 1.39. The van der Waals surface area contributed by atoms with E-state index in [0.717, 1.165) is 4.47 Å².